The number of amides is 2. The van der Waals surface area contributed by atoms with Gasteiger partial charge in [0.2, 0.25) is 11.8 Å². The first kappa shape index (κ1) is 31.9. The van der Waals surface area contributed by atoms with E-state index < -0.39 is 50.1 Å². The normalized spacial score (nSPS) is 14.0. The number of ether oxygens (including phenoxy) is 1. The van der Waals surface area contributed by atoms with Crippen LogP contribution in [0.15, 0.2) is 65.6 Å². The summed E-state index contributed by atoms with van der Waals surface area (Å²) in [6, 6.07) is 13.0. The summed E-state index contributed by atoms with van der Waals surface area (Å²) >= 11 is 1.35. The van der Waals surface area contributed by atoms with Gasteiger partial charge in [-0.1, -0.05) is 36.4 Å². The molecule has 12 heteroatoms. The van der Waals surface area contributed by atoms with Gasteiger partial charge in [-0.05, 0) is 44.9 Å². The van der Waals surface area contributed by atoms with E-state index in [-0.39, 0.29) is 18.9 Å². The van der Waals surface area contributed by atoms with Crippen LogP contribution < -0.4 is 10.6 Å². The van der Waals surface area contributed by atoms with Gasteiger partial charge in [-0.3, -0.25) is 14.6 Å². The number of esters is 1. The van der Waals surface area contributed by atoms with Crippen LogP contribution in [0.4, 0.5) is 0 Å². The predicted molar refractivity (Wildman–Crippen MR) is 157 cm³/mol. The largest absolute Gasteiger partial charge is 0.467 e. The highest BCUT2D eigenvalue weighted by molar-refractivity contribution is 7.93. The molecule has 3 aromatic rings. The number of benzene rings is 1. The summed E-state index contributed by atoms with van der Waals surface area (Å²) in [6.45, 7) is 4.44. The molecule has 41 heavy (non-hydrogen) atoms. The Labute approximate surface area is 244 Å². The third kappa shape index (κ3) is 8.92. The molecule has 2 amide bonds. The number of thiazole rings is 1. The minimum atomic E-state index is -4.17. The number of nitrogens with one attached hydrogen (secondary N) is 2. The summed E-state index contributed by atoms with van der Waals surface area (Å²) in [5, 5.41) is 7.20. The van der Waals surface area contributed by atoms with E-state index in [0.29, 0.717) is 12.1 Å². The van der Waals surface area contributed by atoms with Crippen molar-refractivity contribution >= 4 is 39.0 Å². The number of carbonyl (C=O) groups excluding carboxylic acids is 3. The molecule has 0 aliphatic rings. The number of rotatable bonds is 14. The highest BCUT2D eigenvalue weighted by atomic mass is 32.2. The molecule has 2 unspecified atom stereocenters. The number of hydrogen-bond donors (Lipinski definition) is 2. The van der Waals surface area contributed by atoms with Crippen LogP contribution >= 0.6 is 11.3 Å². The van der Waals surface area contributed by atoms with E-state index in [9.17, 15) is 22.8 Å². The molecular formula is C29H36N4O6S2. The highest BCUT2D eigenvalue weighted by Crippen LogP contribution is 2.23. The molecule has 2 heterocycles. The Morgan fingerprint density at radius 3 is 2.27 bits per heavy atom. The average molecular weight is 601 g/mol. The fourth-order valence-corrected chi connectivity index (χ4v) is 6.32. The van der Waals surface area contributed by atoms with Gasteiger partial charge >= 0.3 is 5.97 Å². The van der Waals surface area contributed by atoms with E-state index in [1.54, 1.807) is 54.3 Å². The molecule has 220 valence electrons. The van der Waals surface area contributed by atoms with Gasteiger partial charge < -0.3 is 15.4 Å². The maximum absolute atomic E-state index is 13.7. The van der Waals surface area contributed by atoms with Crippen LogP contribution in [0.3, 0.4) is 0 Å². The van der Waals surface area contributed by atoms with Crippen LogP contribution in [0.5, 0.6) is 0 Å². The maximum Gasteiger partial charge on any atom is 0.328 e. The van der Waals surface area contributed by atoms with Gasteiger partial charge in [0.25, 0.3) is 0 Å². The van der Waals surface area contributed by atoms with Crippen molar-refractivity contribution in [2.75, 3.05) is 12.9 Å². The van der Waals surface area contributed by atoms with Crippen LogP contribution in [-0.2, 0) is 48.2 Å². The minimum absolute atomic E-state index is 0.0876. The Kier molecular flexibility index (Phi) is 11.1. The lowest BCUT2D eigenvalue weighted by atomic mass is 9.99. The van der Waals surface area contributed by atoms with Crippen LogP contribution in [0.25, 0.3) is 0 Å². The van der Waals surface area contributed by atoms with Crippen molar-refractivity contribution in [3.05, 3.63) is 82.6 Å². The summed E-state index contributed by atoms with van der Waals surface area (Å²) in [5.74, 6) is -3.66. The third-order valence-electron chi connectivity index (χ3n) is 6.76. The Balaban J connectivity index is 1.79. The molecule has 10 nitrogen and oxygen atoms in total. The Morgan fingerprint density at radius 1 is 0.951 bits per heavy atom. The van der Waals surface area contributed by atoms with E-state index in [4.69, 9.17) is 4.74 Å². The zero-order valence-corrected chi connectivity index (χ0v) is 25.2. The molecule has 0 saturated heterocycles. The maximum atomic E-state index is 13.7. The first-order valence-corrected chi connectivity index (χ1v) is 15.7. The Hall–Kier alpha value is -3.64. The molecule has 0 radical (unpaired) electrons. The number of hydrogen-bond acceptors (Lipinski definition) is 9. The van der Waals surface area contributed by atoms with Crippen molar-refractivity contribution in [1.29, 1.82) is 0 Å². The minimum Gasteiger partial charge on any atom is -0.467 e. The van der Waals surface area contributed by atoms with Crippen LogP contribution in [0.2, 0.25) is 0 Å². The fraction of sp³-hybridized carbons (Fsp3) is 0.414. The van der Waals surface area contributed by atoms with Gasteiger partial charge in [-0.15, -0.1) is 11.3 Å². The molecule has 2 N–H and O–H groups in total. The monoisotopic (exact) mass is 600 g/mol. The van der Waals surface area contributed by atoms with Crippen LogP contribution in [-0.4, -0.2) is 65.9 Å². The summed E-state index contributed by atoms with van der Waals surface area (Å²) in [4.78, 5) is 47.7. The van der Waals surface area contributed by atoms with E-state index in [1.165, 1.54) is 32.3 Å². The number of nitrogens with zero attached hydrogens (tertiary/aromatic N) is 2. The zero-order valence-electron chi connectivity index (χ0n) is 23.6. The number of sulfone groups is 1. The number of aromatic nitrogens is 2. The molecule has 0 fully saturated rings. The quantitative estimate of drug-likeness (QED) is 0.269. The second-order valence-electron chi connectivity index (χ2n) is 10.3. The highest BCUT2D eigenvalue weighted by Gasteiger charge is 2.44. The predicted octanol–water partition coefficient (Wildman–Crippen LogP) is 2.54. The second-order valence-corrected chi connectivity index (χ2v) is 13.6. The Morgan fingerprint density at radius 2 is 1.66 bits per heavy atom. The smallest absolute Gasteiger partial charge is 0.328 e. The van der Waals surface area contributed by atoms with Gasteiger partial charge in [0.05, 0.1) is 30.0 Å². The van der Waals surface area contributed by atoms with Gasteiger partial charge in [0.15, 0.2) is 9.84 Å². The van der Waals surface area contributed by atoms with Gasteiger partial charge in [-0.2, -0.15) is 0 Å². The second kappa shape index (κ2) is 14.3. The summed E-state index contributed by atoms with van der Waals surface area (Å²) in [6.07, 6.45) is 2.26. The number of methoxy groups -OCH3 is 1. The summed E-state index contributed by atoms with van der Waals surface area (Å²) < 4.78 is 30.5. The van der Waals surface area contributed by atoms with E-state index >= 15 is 0 Å². The van der Waals surface area contributed by atoms with Gasteiger partial charge in [-0.25, -0.2) is 18.2 Å². The molecule has 3 atom stereocenters. The summed E-state index contributed by atoms with van der Waals surface area (Å²) in [5.41, 5.74) is 3.71. The van der Waals surface area contributed by atoms with E-state index in [1.807, 2.05) is 18.2 Å². The molecule has 2 aromatic heterocycles. The van der Waals surface area contributed by atoms with Gasteiger partial charge in [0, 0.05) is 36.2 Å². The van der Waals surface area contributed by atoms with Crippen molar-refractivity contribution in [2.45, 2.75) is 56.9 Å². The van der Waals surface area contributed by atoms with Crippen LogP contribution in [0.1, 0.15) is 37.7 Å². The molecule has 3 rings (SSSR count). The third-order valence-corrected chi connectivity index (χ3v) is 9.98. The van der Waals surface area contributed by atoms with Crippen molar-refractivity contribution < 1.29 is 27.5 Å². The standard InChI is InChI=1S/C29H36N4O6S2/c1-20(14-23-12-8-9-13-30-23)32-28(36)29(2,3)41(37,38)18-22(15-21-10-6-5-7-11-21)26(34)33-25(27(35)39-4)16-24-17-40-19-31-24/h5-13,17,19-20,22,25H,14-16,18H2,1-4H3,(H,32,36)(H,33,34)/t20-,22?,25?/m0/s1. The average Bonchev–Trinajstić information content (AvgIpc) is 3.46. The SMILES string of the molecule is COC(=O)C(Cc1cscn1)NC(=O)C(Cc1ccccc1)CS(=O)(=O)C(C)(C)C(=O)N[C@@H](C)Cc1ccccn1. The van der Waals surface area contributed by atoms with Crippen molar-refractivity contribution in [3.8, 4) is 0 Å². The molecule has 0 bridgehead atoms. The fourth-order valence-electron chi connectivity index (χ4n) is 4.19. The molecular weight excluding hydrogens is 564 g/mol. The first-order chi connectivity index (χ1) is 19.4. The zero-order chi connectivity index (χ0) is 30.0. The Bertz CT molecular complexity index is 1400. The molecule has 0 spiro atoms. The van der Waals surface area contributed by atoms with E-state index in [0.717, 1.165) is 11.3 Å². The lowest BCUT2D eigenvalue weighted by Gasteiger charge is -2.28. The lowest BCUT2D eigenvalue weighted by molar-refractivity contribution is -0.145. The van der Waals surface area contributed by atoms with Crippen molar-refractivity contribution in [1.82, 2.24) is 20.6 Å². The molecule has 0 aliphatic carbocycles. The van der Waals surface area contributed by atoms with Crippen molar-refractivity contribution in [3.63, 3.8) is 0 Å². The number of pyridine rings is 1. The number of carbonyl (C=O) groups is 3. The first-order valence-electron chi connectivity index (χ1n) is 13.1. The van der Waals surface area contributed by atoms with Gasteiger partial charge in [0.1, 0.15) is 10.8 Å². The molecule has 0 saturated carbocycles. The lowest BCUT2D eigenvalue weighted by Crippen LogP contribution is -2.54. The summed E-state index contributed by atoms with van der Waals surface area (Å²) in [7, 11) is -2.96. The van der Waals surface area contributed by atoms with Crippen LogP contribution in [0, 0.1) is 5.92 Å². The molecule has 1 aromatic carbocycles. The van der Waals surface area contributed by atoms with Crippen molar-refractivity contribution in [2.24, 2.45) is 5.92 Å². The van der Waals surface area contributed by atoms with E-state index in [2.05, 4.69) is 20.6 Å². The molecule has 0 aliphatic heterocycles. The topological polar surface area (TPSA) is 144 Å².